The van der Waals surface area contributed by atoms with Crippen LogP contribution in [0.3, 0.4) is 0 Å². The molecule has 0 amide bonds. The molecule has 0 saturated heterocycles. The summed E-state index contributed by atoms with van der Waals surface area (Å²) in [5, 5.41) is 0. The fourth-order valence-corrected chi connectivity index (χ4v) is 4.80. The maximum atomic E-state index is 14.7. The first-order valence-electron chi connectivity index (χ1n) is 11.7. The number of rotatable bonds is 6. The van der Waals surface area contributed by atoms with Crippen molar-refractivity contribution < 1.29 is 57.5 Å². The number of hydrogen-bond donors (Lipinski definition) is 0. The maximum absolute atomic E-state index is 14.7. The van der Waals surface area contributed by atoms with Crippen molar-refractivity contribution in [1.29, 1.82) is 0 Å². The van der Waals surface area contributed by atoms with Gasteiger partial charge >= 0.3 is 18.5 Å². The highest BCUT2D eigenvalue weighted by Crippen LogP contribution is 2.44. The Morgan fingerprint density at radius 3 is 2.07 bits per heavy atom. The molecule has 4 nitrogen and oxygen atoms in total. The van der Waals surface area contributed by atoms with Gasteiger partial charge in [0.1, 0.15) is 12.1 Å². The summed E-state index contributed by atoms with van der Waals surface area (Å²) in [5.41, 5.74) is -6.50. The molecule has 222 valence electrons. The first kappa shape index (κ1) is 30.4. The van der Waals surface area contributed by atoms with Gasteiger partial charge in [-0.2, -0.15) is 39.5 Å². The fourth-order valence-electron chi connectivity index (χ4n) is 4.80. The second kappa shape index (κ2) is 10.7. The van der Waals surface area contributed by atoms with Crippen molar-refractivity contribution in [3.8, 4) is 11.3 Å². The van der Waals surface area contributed by atoms with E-state index in [-0.39, 0.29) is 37.6 Å². The van der Waals surface area contributed by atoms with Crippen LogP contribution in [0.1, 0.15) is 47.1 Å². The summed E-state index contributed by atoms with van der Waals surface area (Å²) in [5.74, 6) is -5.84. The molecule has 1 aliphatic rings. The highest BCUT2D eigenvalue weighted by atomic mass is 19.4. The van der Waals surface area contributed by atoms with E-state index in [0.717, 1.165) is 0 Å². The molecule has 0 bridgehead atoms. The van der Waals surface area contributed by atoms with Crippen LogP contribution in [0.25, 0.3) is 11.3 Å². The Morgan fingerprint density at radius 1 is 0.829 bits per heavy atom. The molecule has 3 aromatic rings. The topological polar surface area (TPSA) is 38.1 Å². The molecule has 0 spiro atoms. The van der Waals surface area contributed by atoms with Crippen LogP contribution in [0, 0.1) is 17.5 Å². The Balaban J connectivity index is 1.89. The molecule has 0 N–H and O–H groups in total. The Labute approximate surface area is 223 Å². The van der Waals surface area contributed by atoms with Gasteiger partial charge in [-0.05, 0) is 24.6 Å². The van der Waals surface area contributed by atoms with Gasteiger partial charge in [0, 0.05) is 49.3 Å². The second-order valence-corrected chi connectivity index (χ2v) is 9.15. The van der Waals surface area contributed by atoms with Crippen LogP contribution in [-0.2, 0) is 36.4 Å². The van der Waals surface area contributed by atoms with Gasteiger partial charge in [0.2, 0.25) is 5.82 Å². The molecule has 1 aliphatic heterocycles. The van der Waals surface area contributed by atoms with Crippen molar-refractivity contribution in [2.24, 2.45) is 0 Å². The summed E-state index contributed by atoms with van der Waals surface area (Å²) < 4.78 is 165. The van der Waals surface area contributed by atoms with Gasteiger partial charge in [-0.3, -0.25) is 4.90 Å². The number of halogens is 12. The van der Waals surface area contributed by atoms with E-state index in [1.807, 2.05) is 0 Å². The molecule has 0 fully saturated rings. The number of alkyl halides is 9. The second-order valence-electron chi connectivity index (χ2n) is 9.15. The molecule has 2 aromatic carbocycles. The molecule has 1 aromatic heterocycles. The predicted octanol–water partition coefficient (Wildman–Crippen LogP) is 7.56. The molecule has 4 rings (SSSR count). The van der Waals surface area contributed by atoms with Gasteiger partial charge in [-0.15, -0.1) is 0 Å². The van der Waals surface area contributed by atoms with Crippen LogP contribution >= 0.6 is 0 Å². The van der Waals surface area contributed by atoms with Crippen molar-refractivity contribution in [2.45, 2.75) is 50.5 Å². The highest BCUT2D eigenvalue weighted by molar-refractivity contribution is 5.68. The summed E-state index contributed by atoms with van der Waals surface area (Å²) in [6, 6.07) is -0.0986. The minimum Gasteiger partial charge on any atom is -0.321 e. The number of aldehydes is 1. The first-order valence-corrected chi connectivity index (χ1v) is 11.7. The lowest BCUT2D eigenvalue weighted by Gasteiger charge is -2.36. The summed E-state index contributed by atoms with van der Waals surface area (Å²) >= 11 is 0. The zero-order valence-electron chi connectivity index (χ0n) is 20.4. The molecule has 2 heterocycles. The van der Waals surface area contributed by atoms with Crippen LogP contribution in [0.5, 0.6) is 0 Å². The Bertz CT molecular complexity index is 1460. The zero-order valence-corrected chi connectivity index (χ0v) is 20.4. The van der Waals surface area contributed by atoms with Crippen molar-refractivity contribution in [2.75, 3.05) is 6.54 Å². The summed E-state index contributed by atoms with van der Waals surface area (Å²) in [7, 11) is 0. The smallest absolute Gasteiger partial charge is 0.321 e. The van der Waals surface area contributed by atoms with Gasteiger partial charge in [0.25, 0.3) is 0 Å². The van der Waals surface area contributed by atoms with Gasteiger partial charge in [-0.1, -0.05) is 6.07 Å². The van der Waals surface area contributed by atoms with Crippen molar-refractivity contribution in [3.63, 3.8) is 0 Å². The van der Waals surface area contributed by atoms with E-state index in [0.29, 0.717) is 23.0 Å². The largest absolute Gasteiger partial charge is 0.449 e. The average molecular weight is 603 g/mol. The first-order chi connectivity index (χ1) is 18.9. The number of aromatic nitrogens is 2. The highest BCUT2D eigenvalue weighted by Gasteiger charge is 2.44. The number of fused-ring (bicyclic) bond motifs is 1. The maximum Gasteiger partial charge on any atom is 0.449 e. The molecule has 0 saturated carbocycles. The molecule has 1 atom stereocenters. The fraction of sp³-hybridized carbons (Fsp3) is 0.360. The van der Waals surface area contributed by atoms with Crippen LogP contribution in [0.4, 0.5) is 52.7 Å². The third-order valence-electron chi connectivity index (χ3n) is 6.59. The number of imidazole rings is 1. The van der Waals surface area contributed by atoms with E-state index in [1.165, 1.54) is 4.90 Å². The predicted molar refractivity (Wildman–Crippen MR) is 117 cm³/mol. The number of carbonyl (C=O) groups is 1. The third-order valence-corrected chi connectivity index (χ3v) is 6.59. The molecule has 41 heavy (non-hydrogen) atoms. The van der Waals surface area contributed by atoms with Gasteiger partial charge in [-0.25, -0.2) is 18.2 Å². The molecule has 0 radical (unpaired) electrons. The van der Waals surface area contributed by atoms with E-state index in [9.17, 15) is 57.5 Å². The van der Waals surface area contributed by atoms with Crippen molar-refractivity contribution >= 4 is 6.29 Å². The molecular formula is C25H17F12N3O. The Morgan fingerprint density at radius 2 is 1.49 bits per heavy atom. The van der Waals surface area contributed by atoms with Crippen LogP contribution in [-0.4, -0.2) is 27.3 Å². The van der Waals surface area contributed by atoms with Crippen LogP contribution in [0.15, 0.2) is 30.3 Å². The molecule has 0 aliphatic carbocycles. The lowest BCUT2D eigenvalue weighted by Crippen LogP contribution is -2.38. The number of hydrogen-bond acceptors (Lipinski definition) is 3. The minimum absolute atomic E-state index is 0.227. The summed E-state index contributed by atoms with van der Waals surface area (Å²) in [6.07, 6.45) is -15.9. The molecular weight excluding hydrogens is 586 g/mol. The summed E-state index contributed by atoms with van der Waals surface area (Å²) in [6.45, 7) is -1.53. The SMILES string of the molecule is O=CCCC(c1cc(F)c(F)cc1F)N1CCn2c(C(F)(F)F)nc(-c3ccc(C(F)(F)F)cc3C(F)(F)F)c2C1. The van der Waals surface area contributed by atoms with E-state index in [1.54, 1.807) is 0 Å². The lowest BCUT2D eigenvalue weighted by molar-refractivity contribution is -0.148. The summed E-state index contributed by atoms with van der Waals surface area (Å²) in [4.78, 5) is 15.6. The molecule has 16 heteroatoms. The van der Waals surface area contributed by atoms with Crippen LogP contribution in [0.2, 0.25) is 0 Å². The third kappa shape index (κ3) is 6.06. The number of nitrogens with zero attached hydrogens (tertiary/aromatic N) is 3. The van der Waals surface area contributed by atoms with Crippen molar-refractivity contribution in [1.82, 2.24) is 14.5 Å². The average Bonchev–Trinajstić information content (AvgIpc) is 3.25. The molecule has 1 unspecified atom stereocenters. The number of benzene rings is 2. The van der Waals surface area contributed by atoms with E-state index >= 15 is 0 Å². The van der Waals surface area contributed by atoms with Crippen LogP contribution < -0.4 is 0 Å². The monoisotopic (exact) mass is 603 g/mol. The standard InChI is InChI=1S/C25H17F12N3O/c26-16-10-18(28)17(27)9-14(16)19(2-1-7-41)39-5-6-40-20(11-39)21(38-22(40)25(35,36)37)13-4-3-12(23(29,30)31)8-15(13)24(32,33)34/h3-4,7-10,19H,1-2,5-6,11H2. The van der Waals surface area contributed by atoms with Gasteiger partial charge in [0.15, 0.2) is 11.6 Å². The van der Waals surface area contributed by atoms with E-state index in [2.05, 4.69) is 4.98 Å². The van der Waals surface area contributed by atoms with E-state index in [4.69, 9.17) is 0 Å². The normalized spacial score (nSPS) is 15.6. The van der Waals surface area contributed by atoms with Gasteiger partial charge in [0.05, 0.1) is 22.5 Å². The van der Waals surface area contributed by atoms with E-state index < -0.39 is 94.6 Å². The Hall–Kier alpha value is -3.56. The zero-order chi connectivity index (χ0) is 30.5. The minimum atomic E-state index is -5.43. The van der Waals surface area contributed by atoms with Gasteiger partial charge < -0.3 is 9.36 Å². The quantitative estimate of drug-likeness (QED) is 0.166. The van der Waals surface area contributed by atoms with Crippen molar-refractivity contribution in [3.05, 3.63) is 76.0 Å². The Kier molecular flexibility index (Phi) is 7.92. The number of carbonyl (C=O) groups excluding carboxylic acids is 1. The lowest BCUT2D eigenvalue weighted by atomic mass is 9.96.